The van der Waals surface area contributed by atoms with Crippen LogP contribution in [-0.2, 0) is 0 Å². The summed E-state index contributed by atoms with van der Waals surface area (Å²) < 4.78 is 14.1. The van der Waals surface area contributed by atoms with Crippen molar-refractivity contribution in [1.82, 2.24) is 15.2 Å². The number of para-hydroxylation sites is 2. The van der Waals surface area contributed by atoms with Crippen LogP contribution < -0.4 is 10.2 Å². The molecule has 1 amide bonds. The fourth-order valence-electron chi connectivity index (χ4n) is 5.05. The Balaban J connectivity index is 1.19. The maximum Gasteiger partial charge on any atom is 0.252 e. The highest BCUT2D eigenvalue weighted by Crippen LogP contribution is 2.30. The zero-order valence-electron chi connectivity index (χ0n) is 21.5. The third-order valence-electron chi connectivity index (χ3n) is 7.08. The van der Waals surface area contributed by atoms with Gasteiger partial charge in [0, 0.05) is 49.4 Å². The molecule has 190 valence electrons. The van der Waals surface area contributed by atoms with Gasteiger partial charge in [0.2, 0.25) is 0 Å². The Kier molecular flexibility index (Phi) is 7.47. The Hall–Kier alpha value is -3.77. The van der Waals surface area contributed by atoms with E-state index >= 15 is 0 Å². The molecule has 1 aliphatic rings. The van der Waals surface area contributed by atoms with E-state index in [0.717, 1.165) is 66.9 Å². The molecule has 1 fully saturated rings. The lowest BCUT2D eigenvalue weighted by molar-refractivity contribution is 0.0953. The van der Waals surface area contributed by atoms with Crippen LogP contribution in [0.2, 0.25) is 0 Å². The zero-order valence-corrected chi connectivity index (χ0v) is 21.5. The summed E-state index contributed by atoms with van der Waals surface area (Å²) >= 11 is 0. The van der Waals surface area contributed by atoms with Gasteiger partial charge in [-0.05, 0) is 50.6 Å². The lowest BCUT2D eigenvalue weighted by atomic mass is 9.98. The number of nitrogens with one attached hydrogen (secondary N) is 1. The average Bonchev–Trinajstić information content (AvgIpc) is 2.91. The van der Waals surface area contributed by atoms with Gasteiger partial charge in [-0.2, -0.15) is 0 Å². The van der Waals surface area contributed by atoms with E-state index < -0.39 is 0 Å². The Morgan fingerprint density at radius 3 is 2.46 bits per heavy atom. The first kappa shape index (κ1) is 24.9. The number of amides is 1. The summed E-state index contributed by atoms with van der Waals surface area (Å²) in [7, 11) is 0. The van der Waals surface area contributed by atoms with E-state index in [0.29, 0.717) is 17.8 Å². The van der Waals surface area contributed by atoms with Gasteiger partial charge in [-0.15, -0.1) is 0 Å². The Morgan fingerprint density at radius 2 is 1.70 bits per heavy atom. The minimum atomic E-state index is -0.163. The van der Waals surface area contributed by atoms with E-state index in [-0.39, 0.29) is 11.7 Å². The number of aromatic nitrogens is 1. The second-order valence-electron chi connectivity index (χ2n) is 9.77. The number of anilines is 1. The van der Waals surface area contributed by atoms with Gasteiger partial charge in [-0.3, -0.25) is 14.7 Å². The Labute approximate surface area is 217 Å². The number of benzene rings is 3. The largest absolute Gasteiger partial charge is 0.367 e. The molecule has 0 bridgehead atoms. The van der Waals surface area contributed by atoms with Gasteiger partial charge in [0.15, 0.2) is 0 Å². The van der Waals surface area contributed by atoms with Crippen LogP contribution in [0.1, 0.15) is 28.0 Å². The van der Waals surface area contributed by atoms with E-state index in [1.165, 1.54) is 11.6 Å². The van der Waals surface area contributed by atoms with Crippen molar-refractivity contribution in [2.75, 3.05) is 44.2 Å². The number of carbonyl (C=O) groups is 1. The first-order valence-corrected chi connectivity index (χ1v) is 13.0. The van der Waals surface area contributed by atoms with Crippen molar-refractivity contribution < 1.29 is 9.18 Å². The molecule has 0 unspecified atom stereocenters. The minimum absolute atomic E-state index is 0.0686. The zero-order chi connectivity index (χ0) is 25.8. The van der Waals surface area contributed by atoms with Crippen LogP contribution in [0.5, 0.6) is 0 Å². The minimum Gasteiger partial charge on any atom is -0.367 e. The maximum absolute atomic E-state index is 14.1. The number of rotatable bonds is 7. The molecule has 1 aromatic heterocycles. The molecule has 2 heterocycles. The van der Waals surface area contributed by atoms with Gasteiger partial charge in [-0.25, -0.2) is 4.39 Å². The molecule has 1 N–H and O–H groups in total. The topological polar surface area (TPSA) is 48.5 Å². The average molecular weight is 497 g/mol. The van der Waals surface area contributed by atoms with Crippen LogP contribution in [0, 0.1) is 19.7 Å². The molecule has 1 saturated heterocycles. The highest BCUT2D eigenvalue weighted by molar-refractivity contribution is 6.09. The molecule has 5 rings (SSSR count). The number of pyridine rings is 1. The molecule has 5 nitrogen and oxygen atoms in total. The lowest BCUT2D eigenvalue weighted by Crippen LogP contribution is -2.47. The van der Waals surface area contributed by atoms with E-state index in [2.05, 4.69) is 52.4 Å². The van der Waals surface area contributed by atoms with Gasteiger partial charge in [0.1, 0.15) is 5.82 Å². The van der Waals surface area contributed by atoms with Crippen molar-refractivity contribution >= 4 is 22.5 Å². The van der Waals surface area contributed by atoms with Crippen molar-refractivity contribution in [2.45, 2.75) is 20.3 Å². The molecule has 3 aromatic carbocycles. The van der Waals surface area contributed by atoms with Crippen LogP contribution in [0.4, 0.5) is 10.1 Å². The van der Waals surface area contributed by atoms with E-state index in [1.54, 1.807) is 6.07 Å². The smallest absolute Gasteiger partial charge is 0.252 e. The summed E-state index contributed by atoms with van der Waals surface area (Å²) in [6, 6.07) is 23.3. The number of nitrogens with zero attached hydrogens (tertiary/aromatic N) is 3. The normalized spacial score (nSPS) is 14.2. The molecule has 37 heavy (non-hydrogen) atoms. The van der Waals surface area contributed by atoms with E-state index in [4.69, 9.17) is 4.98 Å². The highest BCUT2D eigenvalue weighted by atomic mass is 19.1. The van der Waals surface area contributed by atoms with Crippen LogP contribution >= 0.6 is 0 Å². The highest BCUT2D eigenvalue weighted by Gasteiger charge is 2.19. The van der Waals surface area contributed by atoms with Crippen molar-refractivity contribution in [1.29, 1.82) is 0 Å². The van der Waals surface area contributed by atoms with Crippen LogP contribution in [0.3, 0.4) is 0 Å². The molecular formula is C31H33FN4O. The summed E-state index contributed by atoms with van der Waals surface area (Å²) in [5.41, 5.74) is 6.35. The first-order chi connectivity index (χ1) is 18.0. The van der Waals surface area contributed by atoms with E-state index in [9.17, 15) is 9.18 Å². The number of fused-ring (bicyclic) bond motifs is 1. The standard InChI is InChI=1S/C31H33FN4O/c1-22-11-13-24(14-12-22)25-7-5-8-26-27(21-23(2)34-30(25)26)31(37)33-15-6-16-35-17-19-36(20-18-35)29-10-4-3-9-28(29)32/h3-5,7-14,21H,6,15-20H2,1-2H3,(H,33,37). The summed E-state index contributed by atoms with van der Waals surface area (Å²) in [5, 5.41) is 3.98. The number of hydrogen-bond acceptors (Lipinski definition) is 4. The number of hydrogen-bond donors (Lipinski definition) is 1. The predicted octanol–water partition coefficient (Wildman–Crippen LogP) is 5.60. The van der Waals surface area contributed by atoms with Gasteiger partial charge < -0.3 is 10.2 Å². The molecule has 1 aliphatic heterocycles. The third-order valence-corrected chi connectivity index (χ3v) is 7.08. The van der Waals surface area contributed by atoms with Crippen LogP contribution in [0.15, 0.2) is 72.8 Å². The molecule has 0 aliphatic carbocycles. The van der Waals surface area contributed by atoms with Gasteiger partial charge in [0.05, 0.1) is 16.8 Å². The first-order valence-electron chi connectivity index (χ1n) is 13.0. The number of aryl methyl sites for hydroxylation is 2. The third kappa shape index (κ3) is 5.65. The van der Waals surface area contributed by atoms with E-state index in [1.807, 2.05) is 37.3 Å². The van der Waals surface area contributed by atoms with Crippen molar-refractivity contribution in [3.8, 4) is 11.1 Å². The molecule has 0 radical (unpaired) electrons. The van der Waals surface area contributed by atoms with Crippen molar-refractivity contribution in [3.63, 3.8) is 0 Å². The monoisotopic (exact) mass is 496 g/mol. The maximum atomic E-state index is 14.1. The lowest BCUT2D eigenvalue weighted by Gasteiger charge is -2.36. The molecule has 6 heteroatoms. The van der Waals surface area contributed by atoms with Crippen molar-refractivity contribution in [3.05, 3.63) is 95.4 Å². The predicted molar refractivity (Wildman–Crippen MR) is 149 cm³/mol. The SMILES string of the molecule is Cc1ccc(-c2cccc3c(C(=O)NCCCN4CCN(c5ccccc5F)CC4)cc(C)nc23)cc1. The van der Waals surface area contributed by atoms with Gasteiger partial charge in [0.25, 0.3) is 5.91 Å². The van der Waals surface area contributed by atoms with Gasteiger partial charge in [-0.1, -0.05) is 60.2 Å². The molecule has 4 aromatic rings. The number of carbonyl (C=O) groups excluding carboxylic acids is 1. The summed E-state index contributed by atoms with van der Waals surface area (Å²) in [4.78, 5) is 22.5. The second kappa shape index (κ2) is 11.1. The fraction of sp³-hybridized carbons (Fsp3) is 0.290. The Morgan fingerprint density at radius 1 is 0.946 bits per heavy atom. The van der Waals surface area contributed by atoms with Gasteiger partial charge >= 0.3 is 0 Å². The Bertz CT molecular complexity index is 1390. The summed E-state index contributed by atoms with van der Waals surface area (Å²) in [6.45, 7) is 8.90. The number of piperazine rings is 1. The summed E-state index contributed by atoms with van der Waals surface area (Å²) in [5.74, 6) is -0.232. The van der Waals surface area contributed by atoms with Crippen LogP contribution in [-0.4, -0.2) is 55.1 Å². The summed E-state index contributed by atoms with van der Waals surface area (Å²) in [6.07, 6.45) is 0.863. The quantitative estimate of drug-likeness (QED) is 0.339. The molecule has 0 atom stereocenters. The second-order valence-corrected chi connectivity index (χ2v) is 9.77. The number of halogens is 1. The molecular weight excluding hydrogens is 463 g/mol. The fourth-order valence-corrected chi connectivity index (χ4v) is 5.05. The van der Waals surface area contributed by atoms with Crippen LogP contribution in [0.25, 0.3) is 22.0 Å². The molecule has 0 saturated carbocycles. The molecule has 0 spiro atoms. The van der Waals surface area contributed by atoms with Crippen molar-refractivity contribution in [2.24, 2.45) is 0 Å².